The van der Waals surface area contributed by atoms with Crippen molar-refractivity contribution in [1.29, 1.82) is 0 Å². The lowest BCUT2D eigenvalue weighted by Gasteiger charge is -2.18. The molecule has 0 saturated heterocycles. The highest BCUT2D eigenvalue weighted by Crippen LogP contribution is 2.20. The van der Waals surface area contributed by atoms with Crippen molar-refractivity contribution in [1.82, 2.24) is 10.3 Å². The van der Waals surface area contributed by atoms with Crippen LogP contribution in [0.1, 0.15) is 35.3 Å². The molecule has 1 unspecified atom stereocenters. The van der Waals surface area contributed by atoms with Crippen LogP contribution in [0.2, 0.25) is 0 Å². The van der Waals surface area contributed by atoms with Crippen LogP contribution in [0.25, 0.3) is 0 Å². The SMILES string of the molecule is CCNC(Cc1ccc(C)c(C)c1)c1ccc(Br)cn1. The van der Waals surface area contributed by atoms with Crippen molar-refractivity contribution in [2.75, 3.05) is 6.54 Å². The molecule has 3 heteroatoms. The van der Waals surface area contributed by atoms with Gasteiger partial charge in [-0.2, -0.15) is 0 Å². The van der Waals surface area contributed by atoms with Crippen molar-refractivity contribution in [3.8, 4) is 0 Å². The first-order chi connectivity index (χ1) is 9.60. The van der Waals surface area contributed by atoms with Crippen LogP contribution < -0.4 is 5.32 Å². The third kappa shape index (κ3) is 3.90. The molecule has 0 amide bonds. The summed E-state index contributed by atoms with van der Waals surface area (Å²) in [6.45, 7) is 7.38. The van der Waals surface area contributed by atoms with Crippen LogP contribution in [-0.4, -0.2) is 11.5 Å². The van der Waals surface area contributed by atoms with Gasteiger partial charge in [-0.15, -0.1) is 0 Å². The van der Waals surface area contributed by atoms with Crippen LogP contribution in [0.3, 0.4) is 0 Å². The summed E-state index contributed by atoms with van der Waals surface area (Å²) in [7, 11) is 0. The number of aryl methyl sites for hydroxylation is 2. The predicted octanol–water partition coefficient (Wildman–Crippen LogP) is 4.35. The summed E-state index contributed by atoms with van der Waals surface area (Å²) in [6, 6.07) is 11.1. The molecule has 2 rings (SSSR count). The smallest absolute Gasteiger partial charge is 0.0577 e. The summed E-state index contributed by atoms with van der Waals surface area (Å²) < 4.78 is 1.02. The average molecular weight is 333 g/mol. The number of benzene rings is 1. The van der Waals surface area contributed by atoms with E-state index in [0.717, 1.165) is 23.1 Å². The predicted molar refractivity (Wildman–Crippen MR) is 88.0 cm³/mol. The standard InChI is InChI=1S/C17H21BrN2/c1-4-19-17(16-8-7-15(18)11-20-16)10-14-6-5-12(2)13(3)9-14/h5-9,11,17,19H,4,10H2,1-3H3. The van der Waals surface area contributed by atoms with E-state index in [-0.39, 0.29) is 6.04 Å². The summed E-state index contributed by atoms with van der Waals surface area (Å²) in [5.41, 5.74) is 5.13. The second-order valence-electron chi connectivity index (χ2n) is 5.13. The minimum atomic E-state index is 0.259. The molecule has 106 valence electrons. The minimum Gasteiger partial charge on any atom is -0.309 e. The number of aromatic nitrogens is 1. The maximum atomic E-state index is 4.52. The number of halogens is 1. The normalized spacial score (nSPS) is 12.4. The van der Waals surface area contributed by atoms with Crippen LogP contribution in [-0.2, 0) is 6.42 Å². The third-order valence-corrected chi connectivity index (χ3v) is 4.04. The first-order valence-electron chi connectivity index (χ1n) is 7.01. The number of nitrogens with one attached hydrogen (secondary N) is 1. The summed E-state index contributed by atoms with van der Waals surface area (Å²) in [4.78, 5) is 4.52. The Hall–Kier alpha value is -1.19. The Balaban J connectivity index is 2.20. The fraction of sp³-hybridized carbons (Fsp3) is 0.353. The molecule has 1 heterocycles. The Kier molecular flexibility index (Phi) is 5.32. The van der Waals surface area contributed by atoms with E-state index in [4.69, 9.17) is 0 Å². The summed E-state index contributed by atoms with van der Waals surface area (Å²) >= 11 is 3.43. The van der Waals surface area contributed by atoms with E-state index in [9.17, 15) is 0 Å². The second-order valence-corrected chi connectivity index (χ2v) is 6.05. The molecule has 1 aromatic heterocycles. The molecule has 0 saturated carbocycles. The fourth-order valence-corrected chi connectivity index (χ4v) is 2.52. The molecule has 0 spiro atoms. The molecule has 2 nitrogen and oxygen atoms in total. The molecule has 2 aromatic rings. The molecule has 20 heavy (non-hydrogen) atoms. The molecule has 1 N–H and O–H groups in total. The highest BCUT2D eigenvalue weighted by atomic mass is 79.9. The van der Waals surface area contributed by atoms with E-state index in [1.165, 1.54) is 16.7 Å². The number of pyridine rings is 1. The van der Waals surface area contributed by atoms with Gasteiger partial charge in [0, 0.05) is 10.7 Å². The number of nitrogens with zero attached hydrogens (tertiary/aromatic N) is 1. The molecule has 0 radical (unpaired) electrons. The zero-order valence-corrected chi connectivity index (χ0v) is 13.9. The zero-order valence-electron chi connectivity index (χ0n) is 12.3. The van der Waals surface area contributed by atoms with Gasteiger partial charge in [0.15, 0.2) is 0 Å². The van der Waals surface area contributed by atoms with Crippen LogP contribution in [0, 0.1) is 13.8 Å². The van der Waals surface area contributed by atoms with Gasteiger partial charge in [-0.3, -0.25) is 4.98 Å². The minimum absolute atomic E-state index is 0.259. The molecule has 0 aliphatic carbocycles. The van der Waals surface area contributed by atoms with Crippen molar-refractivity contribution < 1.29 is 0 Å². The molecule has 0 aliphatic heterocycles. The van der Waals surface area contributed by atoms with Gasteiger partial charge in [0.2, 0.25) is 0 Å². The van der Waals surface area contributed by atoms with Crippen LogP contribution >= 0.6 is 15.9 Å². The number of hydrogen-bond donors (Lipinski definition) is 1. The van der Waals surface area contributed by atoms with E-state index in [0.29, 0.717) is 0 Å². The van der Waals surface area contributed by atoms with Crippen molar-refractivity contribution in [2.45, 2.75) is 33.2 Å². The molecule has 0 aliphatic rings. The van der Waals surface area contributed by atoms with Gasteiger partial charge in [0.05, 0.1) is 11.7 Å². The summed E-state index contributed by atoms with van der Waals surface area (Å²) in [6.07, 6.45) is 2.82. The van der Waals surface area contributed by atoms with Crippen molar-refractivity contribution in [3.63, 3.8) is 0 Å². The van der Waals surface area contributed by atoms with Crippen molar-refractivity contribution in [2.24, 2.45) is 0 Å². The van der Waals surface area contributed by atoms with Gasteiger partial charge in [-0.25, -0.2) is 0 Å². The third-order valence-electron chi connectivity index (χ3n) is 3.57. The molecule has 0 fully saturated rings. The topological polar surface area (TPSA) is 24.9 Å². The Bertz CT molecular complexity index is 564. The van der Waals surface area contributed by atoms with Crippen LogP contribution in [0.4, 0.5) is 0 Å². The lowest BCUT2D eigenvalue weighted by Crippen LogP contribution is -2.23. The molecular weight excluding hydrogens is 312 g/mol. The van der Waals surface area contributed by atoms with Crippen LogP contribution in [0.15, 0.2) is 41.0 Å². The lowest BCUT2D eigenvalue weighted by atomic mass is 9.99. The molecular formula is C17H21BrN2. The largest absolute Gasteiger partial charge is 0.309 e. The Labute approximate surface area is 129 Å². The quantitative estimate of drug-likeness (QED) is 0.880. The van der Waals surface area contributed by atoms with E-state index in [1.807, 2.05) is 12.3 Å². The molecule has 1 aromatic carbocycles. The average Bonchev–Trinajstić information content (AvgIpc) is 2.43. The van der Waals surface area contributed by atoms with E-state index < -0.39 is 0 Å². The maximum Gasteiger partial charge on any atom is 0.0577 e. The zero-order chi connectivity index (χ0) is 14.5. The Morgan fingerprint density at radius 1 is 1.15 bits per heavy atom. The lowest BCUT2D eigenvalue weighted by molar-refractivity contribution is 0.536. The summed E-state index contributed by atoms with van der Waals surface area (Å²) in [5, 5.41) is 3.52. The van der Waals surface area contributed by atoms with E-state index in [2.05, 4.69) is 71.3 Å². The number of likely N-dealkylation sites (N-methyl/N-ethyl adjacent to an activating group) is 1. The monoisotopic (exact) mass is 332 g/mol. The Morgan fingerprint density at radius 2 is 1.95 bits per heavy atom. The van der Waals surface area contributed by atoms with Gasteiger partial charge in [0.1, 0.15) is 0 Å². The maximum absolute atomic E-state index is 4.52. The first kappa shape index (κ1) is 15.2. The van der Waals surface area contributed by atoms with Crippen molar-refractivity contribution >= 4 is 15.9 Å². The van der Waals surface area contributed by atoms with Gasteiger partial charge in [0.25, 0.3) is 0 Å². The van der Waals surface area contributed by atoms with Crippen molar-refractivity contribution in [3.05, 3.63) is 63.4 Å². The first-order valence-corrected chi connectivity index (χ1v) is 7.80. The van der Waals surface area contributed by atoms with Crippen LogP contribution in [0.5, 0.6) is 0 Å². The molecule has 0 bridgehead atoms. The van der Waals surface area contributed by atoms with Gasteiger partial charge < -0.3 is 5.32 Å². The Morgan fingerprint density at radius 3 is 2.55 bits per heavy atom. The summed E-state index contributed by atoms with van der Waals surface area (Å²) in [5.74, 6) is 0. The molecule has 1 atom stereocenters. The van der Waals surface area contributed by atoms with Gasteiger partial charge in [-0.05, 0) is 71.6 Å². The highest BCUT2D eigenvalue weighted by molar-refractivity contribution is 9.10. The number of hydrogen-bond acceptors (Lipinski definition) is 2. The van der Waals surface area contributed by atoms with Gasteiger partial charge in [-0.1, -0.05) is 25.1 Å². The highest BCUT2D eigenvalue weighted by Gasteiger charge is 2.12. The number of rotatable bonds is 5. The fourth-order valence-electron chi connectivity index (χ4n) is 2.29. The second kappa shape index (κ2) is 7.00. The van der Waals surface area contributed by atoms with E-state index >= 15 is 0 Å². The van der Waals surface area contributed by atoms with E-state index in [1.54, 1.807) is 0 Å². The van der Waals surface area contributed by atoms with Gasteiger partial charge >= 0.3 is 0 Å².